The van der Waals surface area contributed by atoms with E-state index in [1.54, 1.807) is 0 Å². The molecule has 0 aliphatic carbocycles. The van der Waals surface area contributed by atoms with Gasteiger partial charge in [0.15, 0.2) is 6.04 Å². The molecule has 1 atom stereocenters. The quantitative estimate of drug-likeness (QED) is 0.650. The Hall–Kier alpha value is -2.77. The van der Waals surface area contributed by atoms with E-state index >= 15 is 0 Å². The third kappa shape index (κ3) is 4.63. The molecule has 29 heavy (non-hydrogen) atoms. The fourth-order valence-corrected chi connectivity index (χ4v) is 3.47. The topological polar surface area (TPSA) is 84.7 Å². The third-order valence-corrected chi connectivity index (χ3v) is 4.98. The number of benzene rings is 2. The van der Waals surface area contributed by atoms with Crippen LogP contribution in [0.1, 0.15) is 36.6 Å². The first-order valence-electron chi connectivity index (χ1n) is 9.56. The van der Waals surface area contributed by atoms with Crippen LogP contribution in [0, 0.1) is 5.92 Å². The van der Waals surface area contributed by atoms with Crippen LogP contribution in [0.5, 0.6) is 0 Å². The van der Waals surface area contributed by atoms with E-state index in [-0.39, 0.29) is 24.2 Å². The van der Waals surface area contributed by atoms with E-state index in [1.807, 2.05) is 44.2 Å². The number of halogens is 1. The largest absolute Gasteiger partial charge is 0.350 e. The molecule has 0 radical (unpaired) electrons. The Morgan fingerprint density at radius 2 is 1.90 bits per heavy atom. The van der Waals surface area contributed by atoms with Crippen LogP contribution in [0.15, 0.2) is 48.5 Å². The number of rotatable bonds is 6. The van der Waals surface area contributed by atoms with Crippen LogP contribution in [0.4, 0.5) is 0 Å². The molecule has 0 saturated heterocycles. The Bertz CT molecular complexity index is 972. The number of carbonyl (C=O) groups is 1. The van der Waals surface area contributed by atoms with Crippen molar-refractivity contribution >= 4 is 18.3 Å². The molecule has 2 aromatic carbocycles. The first-order chi connectivity index (χ1) is 13.6. The van der Waals surface area contributed by atoms with Gasteiger partial charge in [0.1, 0.15) is 0 Å². The number of fused-ring (bicyclic) bond motifs is 1. The summed E-state index contributed by atoms with van der Waals surface area (Å²) < 4.78 is 0. The molecule has 2 N–H and O–H groups in total. The van der Waals surface area contributed by atoms with Gasteiger partial charge >= 0.3 is 0 Å². The molecule has 1 amide bonds. The summed E-state index contributed by atoms with van der Waals surface area (Å²) in [5.41, 5.74) is 4.60. The summed E-state index contributed by atoms with van der Waals surface area (Å²) in [5.74, 6) is 0.442. The summed E-state index contributed by atoms with van der Waals surface area (Å²) in [6.45, 7) is 6.25. The second kappa shape index (κ2) is 9.15. The van der Waals surface area contributed by atoms with Crippen LogP contribution < -0.4 is 10.6 Å². The molecule has 2 heterocycles. The van der Waals surface area contributed by atoms with Gasteiger partial charge in [-0.05, 0) is 27.8 Å². The zero-order chi connectivity index (χ0) is 19.5. The Labute approximate surface area is 176 Å². The van der Waals surface area contributed by atoms with Gasteiger partial charge in [-0.3, -0.25) is 4.79 Å². The van der Waals surface area contributed by atoms with Crippen molar-refractivity contribution in [2.45, 2.75) is 39.5 Å². The average molecular weight is 413 g/mol. The second-order valence-electron chi connectivity index (χ2n) is 7.41. The molecular weight excluding hydrogens is 388 g/mol. The minimum atomic E-state index is -0.513. The lowest BCUT2D eigenvalue weighted by Gasteiger charge is -2.19. The van der Waals surface area contributed by atoms with Gasteiger partial charge < -0.3 is 10.6 Å². The molecule has 1 aliphatic heterocycles. The van der Waals surface area contributed by atoms with Crippen LogP contribution >= 0.6 is 12.4 Å². The lowest BCUT2D eigenvalue weighted by molar-refractivity contribution is -0.126. The van der Waals surface area contributed by atoms with Crippen molar-refractivity contribution in [1.82, 2.24) is 30.8 Å². The fraction of sp³-hybridized carbons (Fsp3) is 0.333. The van der Waals surface area contributed by atoms with E-state index in [0.717, 1.165) is 24.2 Å². The van der Waals surface area contributed by atoms with E-state index in [9.17, 15) is 4.79 Å². The van der Waals surface area contributed by atoms with Gasteiger partial charge in [-0.2, -0.15) is 4.80 Å². The molecule has 1 unspecified atom stereocenters. The van der Waals surface area contributed by atoms with Crippen molar-refractivity contribution in [3.8, 4) is 11.4 Å². The molecule has 7 nitrogen and oxygen atoms in total. The van der Waals surface area contributed by atoms with Crippen LogP contribution in [0.3, 0.4) is 0 Å². The number of carbonyl (C=O) groups excluding carboxylic acids is 1. The average Bonchev–Trinajstić information content (AvgIpc) is 3.36. The lowest BCUT2D eigenvalue weighted by atomic mass is 10.0. The fourth-order valence-electron chi connectivity index (χ4n) is 3.47. The van der Waals surface area contributed by atoms with Crippen molar-refractivity contribution in [1.29, 1.82) is 0 Å². The van der Waals surface area contributed by atoms with Gasteiger partial charge in [0.05, 0.1) is 0 Å². The molecular formula is C21H25ClN6O. The van der Waals surface area contributed by atoms with Gasteiger partial charge in [0.25, 0.3) is 0 Å². The van der Waals surface area contributed by atoms with Crippen LogP contribution in [0.2, 0.25) is 0 Å². The number of hydrogen-bond acceptors (Lipinski definition) is 5. The van der Waals surface area contributed by atoms with Gasteiger partial charge in [-0.15, -0.1) is 22.6 Å². The highest BCUT2D eigenvalue weighted by molar-refractivity contribution is 5.85. The predicted molar refractivity (Wildman–Crippen MR) is 113 cm³/mol. The monoisotopic (exact) mass is 412 g/mol. The predicted octanol–water partition coefficient (Wildman–Crippen LogP) is 2.88. The number of aromatic nitrogens is 4. The van der Waals surface area contributed by atoms with Crippen molar-refractivity contribution in [2.75, 3.05) is 0 Å². The highest BCUT2D eigenvalue weighted by atomic mass is 35.5. The normalized spacial score (nSPS) is 13.6. The molecule has 0 bridgehead atoms. The van der Waals surface area contributed by atoms with Crippen molar-refractivity contribution in [3.05, 3.63) is 65.2 Å². The summed E-state index contributed by atoms with van der Waals surface area (Å²) >= 11 is 0. The number of hydrogen-bond donors (Lipinski definition) is 2. The molecule has 0 fully saturated rings. The Kier molecular flexibility index (Phi) is 6.61. The number of amides is 1. The molecule has 4 rings (SSSR count). The SMILES string of the molecule is CC(C)C(C(=O)NCc1ccc2c(c1)CNC2)n1nnc(-c2ccccc2)n1.Cl. The van der Waals surface area contributed by atoms with Crippen LogP contribution in [-0.2, 0) is 24.4 Å². The summed E-state index contributed by atoms with van der Waals surface area (Å²) in [4.78, 5) is 14.3. The van der Waals surface area contributed by atoms with Gasteiger partial charge in [0, 0.05) is 25.2 Å². The smallest absolute Gasteiger partial charge is 0.247 e. The number of tetrazole rings is 1. The minimum absolute atomic E-state index is 0. The molecule has 3 aromatic rings. The molecule has 1 aromatic heterocycles. The van der Waals surface area contributed by atoms with Crippen LogP contribution in [0.25, 0.3) is 11.4 Å². The highest BCUT2D eigenvalue weighted by Gasteiger charge is 2.27. The van der Waals surface area contributed by atoms with E-state index in [1.165, 1.54) is 15.9 Å². The maximum atomic E-state index is 12.9. The van der Waals surface area contributed by atoms with Gasteiger partial charge in [-0.25, -0.2) is 0 Å². The number of nitrogens with zero attached hydrogens (tertiary/aromatic N) is 4. The molecule has 8 heteroatoms. The molecule has 1 aliphatic rings. The van der Waals surface area contributed by atoms with Crippen molar-refractivity contribution in [2.24, 2.45) is 5.92 Å². The molecule has 152 valence electrons. The summed E-state index contributed by atoms with van der Waals surface area (Å²) in [5, 5.41) is 19.1. The van der Waals surface area contributed by atoms with E-state index < -0.39 is 6.04 Å². The highest BCUT2D eigenvalue weighted by Crippen LogP contribution is 2.20. The Balaban J connectivity index is 0.00000240. The molecule has 0 spiro atoms. The maximum absolute atomic E-state index is 12.9. The van der Waals surface area contributed by atoms with Gasteiger partial charge in [-0.1, -0.05) is 62.4 Å². The summed E-state index contributed by atoms with van der Waals surface area (Å²) in [6.07, 6.45) is 0. The number of nitrogens with one attached hydrogen (secondary N) is 2. The van der Waals surface area contributed by atoms with Crippen molar-refractivity contribution < 1.29 is 4.79 Å². The standard InChI is InChI=1S/C21H24N6O.ClH/c1-14(2)19(27-25-20(24-26-27)16-6-4-3-5-7-16)21(28)23-11-15-8-9-17-12-22-13-18(17)10-15;/h3-10,14,19,22H,11-13H2,1-2H3,(H,23,28);1H. The third-order valence-electron chi connectivity index (χ3n) is 4.98. The Morgan fingerprint density at radius 1 is 1.14 bits per heavy atom. The first-order valence-corrected chi connectivity index (χ1v) is 9.56. The summed E-state index contributed by atoms with van der Waals surface area (Å²) in [6, 6.07) is 15.5. The first kappa shape index (κ1) is 21.0. The second-order valence-corrected chi connectivity index (χ2v) is 7.41. The zero-order valence-electron chi connectivity index (χ0n) is 16.5. The Morgan fingerprint density at radius 3 is 2.66 bits per heavy atom. The van der Waals surface area contributed by atoms with E-state index in [0.29, 0.717) is 12.4 Å². The van der Waals surface area contributed by atoms with Crippen LogP contribution in [-0.4, -0.2) is 26.1 Å². The lowest BCUT2D eigenvalue weighted by Crippen LogP contribution is -2.36. The molecule has 0 saturated carbocycles. The van der Waals surface area contributed by atoms with E-state index in [4.69, 9.17) is 0 Å². The minimum Gasteiger partial charge on any atom is -0.350 e. The summed E-state index contributed by atoms with van der Waals surface area (Å²) in [7, 11) is 0. The zero-order valence-corrected chi connectivity index (χ0v) is 17.3. The maximum Gasteiger partial charge on any atom is 0.247 e. The van der Waals surface area contributed by atoms with E-state index in [2.05, 4.69) is 44.2 Å². The van der Waals surface area contributed by atoms with Gasteiger partial charge in [0.2, 0.25) is 11.7 Å². The van der Waals surface area contributed by atoms with Crippen molar-refractivity contribution in [3.63, 3.8) is 0 Å².